The average molecular weight is 295 g/mol. The van der Waals surface area contributed by atoms with Crippen LogP contribution in [0, 0.1) is 6.92 Å². The lowest BCUT2D eigenvalue weighted by atomic mass is 10.0. The molecule has 108 valence electrons. The molecule has 20 heavy (non-hydrogen) atoms. The number of nitrogens with zero attached hydrogens (tertiary/aromatic N) is 2. The second-order valence-corrected chi connectivity index (χ2v) is 5.21. The van der Waals surface area contributed by atoms with Crippen molar-refractivity contribution < 1.29 is 9.84 Å². The van der Waals surface area contributed by atoms with Crippen LogP contribution in [0.25, 0.3) is 0 Å². The smallest absolute Gasteiger partial charge is 0.101 e. The normalized spacial score (nSPS) is 12.6. The summed E-state index contributed by atoms with van der Waals surface area (Å²) in [4.78, 5) is 0. The fourth-order valence-corrected chi connectivity index (χ4v) is 2.37. The molecule has 0 aliphatic heterocycles. The van der Waals surface area contributed by atoms with Crippen molar-refractivity contribution in [2.45, 2.75) is 26.0 Å². The van der Waals surface area contributed by atoms with Crippen molar-refractivity contribution in [3.05, 3.63) is 52.3 Å². The predicted molar refractivity (Wildman–Crippen MR) is 79.0 cm³/mol. The summed E-state index contributed by atoms with van der Waals surface area (Å²) in [6.45, 7) is 3.14. The van der Waals surface area contributed by atoms with E-state index in [-0.39, 0.29) is 0 Å². The van der Waals surface area contributed by atoms with Crippen molar-refractivity contribution in [2.24, 2.45) is 0 Å². The van der Waals surface area contributed by atoms with E-state index in [1.54, 1.807) is 18.0 Å². The molecule has 0 radical (unpaired) electrons. The van der Waals surface area contributed by atoms with Gasteiger partial charge >= 0.3 is 0 Å². The minimum Gasteiger partial charge on any atom is -0.386 e. The van der Waals surface area contributed by atoms with E-state index in [1.165, 1.54) is 5.56 Å². The van der Waals surface area contributed by atoms with Gasteiger partial charge < -0.3 is 9.84 Å². The molecule has 2 aromatic rings. The van der Waals surface area contributed by atoms with Gasteiger partial charge in [-0.15, -0.1) is 0 Å². The van der Waals surface area contributed by atoms with Crippen LogP contribution in [0.1, 0.15) is 22.9 Å². The third kappa shape index (κ3) is 3.60. The summed E-state index contributed by atoms with van der Waals surface area (Å²) < 4.78 is 6.73. The predicted octanol–water partition coefficient (Wildman–Crippen LogP) is 2.77. The van der Waals surface area contributed by atoms with Crippen LogP contribution in [0.5, 0.6) is 0 Å². The SMILES string of the molecule is COCCn1ncc(Cl)c1C(O)Cc1ccc(C)cc1. The van der Waals surface area contributed by atoms with Gasteiger partial charge in [-0.1, -0.05) is 41.4 Å². The quantitative estimate of drug-likeness (QED) is 0.891. The van der Waals surface area contributed by atoms with Crippen molar-refractivity contribution in [3.8, 4) is 0 Å². The zero-order valence-corrected chi connectivity index (χ0v) is 12.5. The maximum Gasteiger partial charge on any atom is 0.101 e. The number of aryl methyl sites for hydroxylation is 1. The Balaban J connectivity index is 2.13. The number of halogens is 1. The molecule has 1 aromatic carbocycles. The van der Waals surface area contributed by atoms with Crippen LogP contribution in [-0.2, 0) is 17.7 Å². The van der Waals surface area contributed by atoms with Gasteiger partial charge in [-0.2, -0.15) is 5.10 Å². The second-order valence-electron chi connectivity index (χ2n) is 4.80. The number of methoxy groups -OCH3 is 1. The summed E-state index contributed by atoms with van der Waals surface area (Å²) in [6.07, 6.45) is 1.40. The molecule has 0 aliphatic rings. The van der Waals surface area contributed by atoms with Gasteiger partial charge in [-0.05, 0) is 12.5 Å². The first-order valence-corrected chi connectivity index (χ1v) is 6.93. The van der Waals surface area contributed by atoms with E-state index in [4.69, 9.17) is 16.3 Å². The van der Waals surface area contributed by atoms with Crippen molar-refractivity contribution in [3.63, 3.8) is 0 Å². The van der Waals surface area contributed by atoms with E-state index >= 15 is 0 Å². The molecular formula is C15H19ClN2O2. The summed E-state index contributed by atoms with van der Waals surface area (Å²) >= 11 is 6.13. The molecule has 1 heterocycles. The molecule has 0 saturated carbocycles. The summed E-state index contributed by atoms with van der Waals surface area (Å²) in [5.41, 5.74) is 2.91. The molecule has 0 bridgehead atoms. The van der Waals surface area contributed by atoms with Gasteiger partial charge in [0.25, 0.3) is 0 Å². The van der Waals surface area contributed by atoms with Crippen LogP contribution in [-0.4, -0.2) is 28.6 Å². The van der Waals surface area contributed by atoms with Crippen molar-refractivity contribution in [1.82, 2.24) is 9.78 Å². The summed E-state index contributed by atoms with van der Waals surface area (Å²) in [5, 5.41) is 15.1. The Kier molecular flexibility index (Phi) is 5.17. The molecule has 0 fully saturated rings. The van der Waals surface area contributed by atoms with Crippen molar-refractivity contribution in [1.29, 1.82) is 0 Å². The van der Waals surface area contributed by atoms with E-state index in [0.29, 0.717) is 30.3 Å². The molecule has 1 unspecified atom stereocenters. The van der Waals surface area contributed by atoms with Gasteiger partial charge in [0.05, 0.1) is 30.1 Å². The lowest BCUT2D eigenvalue weighted by Gasteiger charge is -2.14. The van der Waals surface area contributed by atoms with Gasteiger partial charge in [0.1, 0.15) is 6.10 Å². The standard InChI is InChI=1S/C15H19ClN2O2/c1-11-3-5-12(6-4-11)9-14(19)15-13(16)10-17-18(15)7-8-20-2/h3-6,10,14,19H,7-9H2,1-2H3. The van der Waals surface area contributed by atoms with Crippen LogP contribution < -0.4 is 0 Å². The van der Waals surface area contributed by atoms with Gasteiger partial charge in [-0.3, -0.25) is 4.68 Å². The molecule has 4 nitrogen and oxygen atoms in total. The van der Waals surface area contributed by atoms with E-state index in [1.807, 2.05) is 31.2 Å². The van der Waals surface area contributed by atoms with Crippen molar-refractivity contribution in [2.75, 3.05) is 13.7 Å². The molecule has 0 amide bonds. The van der Waals surface area contributed by atoms with Crippen molar-refractivity contribution >= 4 is 11.6 Å². The highest BCUT2D eigenvalue weighted by molar-refractivity contribution is 6.31. The molecule has 0 aliphatic carbocycles. The van der Waals surface area contributed by atoms with E-state index in [2.05, 4.69) is 5.10 Å². The zero-order chi connectivity index (χ0) is 14.5. The first-order valence-electron chi connectivity index (χ1n) is 6.55. The molecule has 0 saturated heterocycles. The summed E-state index contributed by atoms with van der Waals surface area (Å²) in [7, 11) is 1.63. The first-order chi connectivity index (χ1) is 9.61. The lowest BCUT2D eigenvalue weighted by molar-refractivity contribution is 0.153. The van der Waals surface area contributed by atoms with Crippen LogP contribution in [0.2, 0.25) is 5.02 Å². The second kappa shape index (κ2) is 6.88. The Morgan fingerprint density at radius 1 is 1.35 bits per heavy atom. The van der Waals surface area contributed by atoms with Gasteiger partial charge in [0.2, 0.25) is 0 Å². The maximum absolute atomic E-state index is 10.4. The molecule has 5 heteroatoms. The van der Waals surface area contributed by atoms with Crippen LogP contribution in [0.15, 0.2) is 30.5 Å². The third-order valence-electron chi connectivity index (χ3n) is 3.21. The van der Waals surface area contributed by atoms with E-state index < -0.39 is 6.10 Å². The molecule has 1 aromatic heterocycles. The number of rotatable bonds is 6. The van der Waals surface area contributed by atoms with Crippen LogP contribution >= 0.6 is 11.6 Å². The number of aliphatic hydroxyl groups is 1. The molecular weight excluding hydrogens is 276 g/mol. The number of benzene rings is 1. The number of hydrogen-bond donors (Lipinski definition) is 1. The summed E-state index contributed by atoms with van der Waals surface area (Å²) in [5.74, 6) is 0. The molecule has 0 spiro atoms. The Morgan fingerprint density at radius 3 is 2.70 bits per heavy atom. The Morgan fingerprint density at radius 2 is 2.05 bits per heavy atom. The highest BCUT2D eigenvalue weighted by Gasteiger charge is 2.18. The Bertz CT molecular complexity index is 552. The molecule has 1 N–H and O–H groups in total. The highest BCUT2D eigenvalue weighted by atomic mass is 35.5. The number of aliphatic hydroxyl groups excluding tert-OH is 1. The topological polar surface area (TPSA) is 47.3 Å². The Hall–Kier alpha value is -1.36. The largest absolute Gasteiger partial charge is 0.386 e. The third-order valence-corrected chi connectivity index (χ3v) is 3.50. The average Bonchev–Trinajstić information content (AvgIpc) is 2.80. The fourth-order valence-electron chi connectivity index (χ4n) is 2.10. The van der Waals surface area contributed by atoms with Crippen LogP contribution in [0.3, 0.4) is 0 Å². The molecule has 2 rings (SSSR count). The van der Waals surface area contributed by atoms with Crippen LogP contribution in [0.4, 0.5) is 0 Å². The van der Waals surface area contributed by atoms with E-state index in [0.717, 1.165) is 5.56 Å². The van der Waals surface area contributed by atoms with Gasteiger partial charge in [-0.25, -0.2) is 0 Å². The summed E-state index contributed by atoms with van der Waals surface area (Å²) in [6, 6.07) is 8.10. The number of aromatic nitrogens is 2. The first kappa shape index (κ1) is 15.0. The van der Waals surface area contributed by atoms with Gasteiger partial charge in [0.15, 0.2) is 0 Å². The minimum atomic E-state index is -0.676. The highest BCUT2D eigenvalue weighted by Crippen LogP contribution is 2.25. The minimum absolute atomic E-state index is 0.487. The monoisotopic (exact) mass is 294 g/mol. The zero-order valence-electron chi connectivity index (χ0n) is 11.7. The fraction of sp³-hybridized carbons (Fsp3) is 0.400. The Labute approximate surface area is 123 Å². The van der Waals surface area contributed by atoms with Gasteiger partial charge in [0, 0.05) is 13.5 Å². The number of hydrogen-bond acceptors (Lipinski definition) is 3. The molecule has 1 atom stereocenters. The van der Waals surface area contributed by atoms with E-state index in [9.17, 15) is 5.11 Å². The number of ether oxygens (including phenoxy) is 1. The lowest BCUT2D eigenvalue weighted by Crippen LogP contribution is -2.14. The maximum atomic E-state index is 10.4.